The minimum Gasteiger partial charge on any atom is -0.493 e. The number of fused-ring (bicyclic) bond motifs is 3. The van der Waals surface area contributed by atoms with Gasteiger partial charge in [0.25, 0.3) is 0 Å². The maximum Gasteiger partial charge on any atom is 0.355 e. The molecule has 0 saturated heterocycles. The molecule has 3 heterocycles. The van der Waals surface area contributed by atoms with Gasteiger partial charge in [-0.05, 0) is 50.1 Å². The first-order valence-electron chi connectivity index (χ1n) is 14.1. The van der Waals surface area contributed by atoms with E-state index < -0.39 is 0 Å². The zero-order valence-corrected chi connectivity index (χ0v) is 23.4. The highest BCUT2D eigenvalue weighted by molar-refractivity contribution is 6.05. The van der Waals surface area contributed by atoms with Crippen LogP contribution in [0.25, 0.3) is 32.8 Å². The van der Waals surface area contributed by atoms with Crippen molar-refractivity contribution in [2.24, 2.45) is 7.05 Å². The van der Waals surface area contributed by atoms with E-state index in [-0.39, 0.29) is 5.97 Å². The van der Waals surface area contributed by atoms with Gasteiger partial charge in [0, 0.05) is 47.8 Å². The molecule has 0 saturated carbocycles. The second kappa shape index (κ2) is 11.2. The van der Waals surface area contributed by atoms with Crippen molar-refractivity contribution in [2.45, 2.75) is 46.3 Å². The van der Waals surface area contributed by atoms with E-state index in [4.69, 9.17) is 19.3 Å². The Bertz CT molecular complexity index is 1690. The number of para-hydroxylation sites is 1. The first-order chi connectivity index (χ1) is 19.6. The maximum absolute atomic E-state index is 13.5. The molecule has 0 spiro atoms. The molecule has 1 aliphatic heterocycles. The Labute approximate surface area is 234 Å². The predicted molar refractivity (Wildman–Crippen MR) is 157 cm³/mol. The molecule has 0 bridgehead atoms. The van der Waals surface area contributed by atoms with Crippen LogP contribution < -0.4 is 4.74 Å². The van der Waals surface area contributed by atoms with Crippen molar-refractivity contribution >= 4 is 27.6 Å². The molecule has 40 heavy (non-hydrogen) atoms. The third-order valence-electron chi connectivity index (χ3n) is 7.82. The van der Waals surface area contributed by atoms with Gasteiger partial charge in [0.2, 0.25) is 0 Å². The summed E-state index contributed by atoms with van der Waals surface area (Å²) in [5, 5.41) is 8.11. The van der Waals surface area contributed by atoms with E-state index in [0.717, 1.165) is 68.3 Å². The Hall–Kier alpha value is -4.10. The van der Waals surface area contributed by atoms with Crippen LogP contribution in [0.15, 0.2) is 60.7 Å². The Kier molecular flexibility index (Phi) is 7.30. The highest BCUT2D eigenvalue weighted by Gasteiger charge is 2.28. The van der Waals surface area contributed by atoms with Gasteiger partial charge in [0.05, 0.1) is 31.0 Å². The van der Waals surface area contributed by atoms with E-state index in [0.29, 0.717) is 45.1 Å². The molecule has 0 aliphatic carbocycles. The number of rotatable bonds is 7. The molecule has 3 aromatic carbocycles. The molecule has 1 aliphatic rings. The van der Waals surface area contributed by atoms with Gasteiger partial charge in [-0.3, -0.25) is 4.68 Å². The van der Waals surface area contributed by atoms with Crippen molar-refractivity contribution in [1.29, 1.82) is 0 Å². The lowest BCUT2D eigenvalue weighted by Gasteiger charge is -2.16. The summed E-state index contributed by atoms with van der Waals surface area (Å²) in [5.41, 5.74) is 6.86. The van der Waals surface area contributed by atoms with E-state index in [2.05, 4.69) is 47.9 Å². The van der Waals surface area contributed by atoms with Crippen LogP contribution >= 0.6 is 0 Å². The molecule has 6 rings (SSSR count). The first kappa shape index (κ1) is 26.1. The molecule has 7 nitrogen and oxygen atoms in total. The van der Waals surface area contributed by atoms with Gasteiger partial charge in [-0.1, -0.05) is 54.6 Å². The van der Waals surface area contributed by atoms with Crippen LogP contribution in [-0.2, 0) is 36.1 Å². The number of esters is 1. The summed E-state index contributed by atoms with van der Waals surface area (Å²) >= 11 is 0. The fraction of sp³-hybridized carbons (Fsp3) is 0.333. The zero-order chi connectivity index (χ0) is 27.6. The maximum atomic E-state index is 13.5. The molecular weight excluding hydrogens is 502 g/mol. The van der Waals surface area contributed by atoms with E-state index >= 15 is 0 Å². The van der Waals surface area contributed by atoms with Crippen LogP contribution in [-0.4, -0.2) is 40.1 Å². The topological polar surface area (TPSA) is 67.5 Å². The van der Waals surface area contributed by atoms with Gasteiger partial charge >= 0.3 is 5.97 Å². The van der Waals surface area contributed by atoms with Gasteiger partial charge in [0.1, 0.15) is 11.4 Å². The molecule has 0 amide bonds. The Morgan fingerprint density at radius 1 is 1.05 bits per heavy atom. The number of hydrogen-bond acceptors (Lipinski definition) is 5. The summed E-state index contributed by atoms with van der Waals surface area (Å²) in [6.07, 6.45) is 2.25. The molecule has 206 valence electrons. The van der Waals surface area contributed by atoms with Gasteiger partial charge < -0.3 is 18.8 Å². The first-order valence-corrected chi connectivity index (χ1v) is 14.1. The average Bonchev–Trinajstić information content (AvgIpc) is 3.44. The lowest BCUT2D eigenvalue weighted by Crippen LogP contribution is -2.16. The van der Waals surface area contributed by atoms with Gasteiger partial charge in [-0.2, -0.15) is 5.10 Å². The summed E-state index contributed by atoms with van der Waals surface area (Å²) in [5.74, 6) is 0.599. The number of nitrogens with zero attached hydrogens (tertiary/aromatic N) is 3. The number of hydrogen-bond donors (Lipinski definition) is 0. The molecule has 0 radical (unpaired) electrons. The van der Waals surface area contributed by atoms with Crippen molar-refractivity contribution in [3.8, 4) is 16.9 Å². The third kappa shape index (κ3) is 4.64. The van der Waals surface area contributed by atoms with Crippen LogP contribution in [0.3, 0.4) is 0 Å². The minimum absolute atomic E-state index is 0.282. The molecule has 0 N–H and O–H groups in total. The normalized spacial score (nSPS) is 13.4. The largest absolute Gasteiger partial charge is 0.493 e. The molecule has 2 aromatic heterocycles. The number of benzene rings is 3. The second-order valence-electron chi connectivity index (χ2n) is 10.3. The molecule has 0 atom stereocenters. The number of carbonyl (C=O) groups excluding carboxylic acids is 1. The molecule has 0 fully saturated rings. The standard InChI is InChI=1S/C33H35N3O4/c1-4-39-33(37)32-26(16-9-20-40-29-17-7-12-23-11-5-6-13-24(23)29)25-14-8-15-27-30-22(2)35(3)34-28(30)21-38-19-10-18-36(32)31(25)27/h5-8,11-15,17H,4,9-10,16,18-21H2,1-3H3. The average molecular weight is 538 g/mol. The SMILES string of the molecule is CCOC(=O)c1c(CCCOc2cccc3ccccc23)c2cccc3c2n1CCCOCc1nn(C)c(C)c1-3. The van der Waals surface area contributed by atoms with Crippen LogP contribution in [0.1, 0.15) is 47.2 Å². The fourth-order valence-electron chi connectivity index (χ4n) is 5.97. The molecule has 7 heteroatoms. The third-order valence-corrected chi connectivity index (χ3v) is 7.82. The summed E-state index contributed by atoms with van der Waals surface area (Å²) < 4.78 is 21.9. The van der Waals surface area contributed by atoms with E-state index in [1.807, 2.05) is 42.9 Å². The fourth-order valence-corrected chi connectivity index (χ4v) is 5.97. The molecule has 0 unspecified atom stereocenters. The van der Waals surface area contributed by atoms with E-state index in [1.54, 1.807) is 0 Å². The van der Waals surface area contributed by atoms with Crippen molar-refractivity contribution in [1.82, 2.24) is 14.3 Å². The lowest BCUT2D eigenvalue weighted by atomic mass is 9.98. The van der Waals surface area contributed by atoms with E-state index in [9.17, 15) is 4.79 Å². The summed E-state index contributed by atoms with van der Waals surface area (Å²) in [6, 6.07) is 20.7. The number of aromatic nitrogens is 3. The van der Waals surface area contributed by atoms with Gasteiger partial charge in [0.15, 0.2) is 0 Å². The van der Waals surface area contributed by atoms with Crippen molar-refractivity contribution in [2.75, 3.05) is 19.8 Å². The summed E-state index contributed by atoms with van der Waals surface area (Å²) in [7, 11) is 1.96. The minimum atomic E-state index is -0.282. The van der Waals surface area contributed by atoms with Gasteiger partial charge in [-0.15, -0.1) is 0 Å². The van der Waals surface area contributed by atoms with Crippen LogP contribution in [0.5, 0.6) is 5.75 Å². The highest BCUT2D eigenvalue weighted by atomic mass is 16.5. The van der Waals surface area contributed by atoms with Crippen LogP contribution in [0.2, 0.25) is 0 Å². The van der Waals surface area contributed by atoms with Crippen LogP contribution in [0.4, 0.5) is 0 Å². The van der Waals surface area contributed by atoms with Crippen molar-refractivity contribution in [3.05, 3.63) is 83.3 Å². The summed E-state index contributed by atoms with van der Waals surface area (Å²) in [6.45, 7) is 6.54. The monoisotopic (exact) mass is 537 g/mol. The second-order valence-corrected chi connectivity index (χ2v) is 10.3. The Morgan fingerprint density at radius 2 is 1.85 bits per heavy atom. The summed E-state index contributed by atoms with van der Waals surface area (Å²) in [4.78, 5) is 13.5. The number of carbonyl (C=O) groups is 1. The zero-order valence-electron chi connectivity index (χ0n) is 23.4. The molecular formula is C33H35N3O4. The van der Waals surface area contributed by atoms with Crippen molar-refractivity contribution in [3.63, 3.8) is 0 Å². The Morgan fingerprint density at radius 3 is 2.73 bits per heavy atom. The highest BCUT2D eigenvalue weighted by Crippen LogP contribution is 2.39. The number of ether oxygens (including phenoxy) is 3. The number of aryl methyl sites for hydroxylation is 3. The molecule has 5 aromatic rings. The predicted octanol–water partition coefficient (Wildman–Crippen LogP) is 6.61. The van der Waals surface area contributed by atoms with Crippen molar-refractivity contribution < 1.29 is 19.0 Å². The van der Waals surface area contributed by atoms with E-state index in [1.165, 1.54) is 0 Å². The lowest BCUT2D eigenvalue weighted by molar-refractivity contribution is 0.0511. The van der Waals surface area contributed by atoms with Gasteiger partial charge in [-0.25, -0.2) is 4.79 Å². The quantitative estimate of drug-likeness (QED) is 0.173. The van der Waals surface area contributed by atoms with Crippen LogP contribution in [0, 0.1) is 6.92 Å². The smallest absolute Gasteiger partial charge is 0.355 e. The Balaban J connectivity index is 1.41.